The van der Waals surface area contributed by atoms with Crippen molar-refractivity contribution in [3.05, 3.63) is 89.7 Å². The fourth-order valence-electron chi connectivity index (χ4n) is 3.01. The number of para-hydroxylation sites is 1. The van der Waals surface area contributed by atoms with E-state index in [-0.39, 0.29) is 11.7 Å². The fraction of sp³-hybridized carbons (Fsp3) is 0.0952. The summed E-state index contributed by atoms with van der Waals surface area (Å²) in [5.41, 5.74) is 2.80. The summed E-state index contributed by atoms with van der Waals surface area (Å²) in [7, 11) is 0. The van der Waals surface area contributed by atoms with Crippen molar-refractivity contribution in [2.75, 3.05) is 11.4 Å². The molecular weight excluding hydrogens is 317 g/mol. The number of hydrogen-bond acceptors (Lipinski definition) is 2. The van der Waals surface area contributed by atoms with E-state index in [0.717, 1.165) is 12.1 Å². The van der Waals surface area contributed by atoms with Crippen molar-refractivity contribution in [1.29, 1.82) is 0 Å². The lowest BCUT2D eigenvalue weighted by Gasteiger charge is -2.17. The zero-order chi connectivity index (χ0) is 17.2. The molecule has 4 heteroatoms. The van der Waals surface area contributed by atoms with Crippen molar-refractivity contribution >= 4 is 11.6 Å². The molecule has 3 nitrogen and oxygen atoms in total. The van der Waals surface area contributed by atoms with E-state index < -0.39 is 0 Å². The maximum Gasteiger partial charge on any atom is 0.258 e. The summed E-state index contributed by atoms with van der Waals surface area (Å²) < 4.78 is 18.6. The van der Waals surface area contributed by atoms with Crippen molar-refractivity contribution in [2.24, 2.45) is 0 Å². The molecular formula is C21H16FNO2. The highest BCUT2D eigenvalue weighted by atomic mass is 19.1. The van der Waals surface area contributed by atoms with Crippen LogP contribution >= 0.6 is 0 Å². The summed E-state index contributed by atoms with van der Waals surface area (Å²) in [5, 5.41) is 0. The van der Waals surface area contributed by atoms with Crippen LogP contribution in [0.2, 0.25) is 0 Å². The largest absolute Gasteiger partial charge is 0.457 e. The van der Waals surface area contributed by atoms with Crippen LogP contribution < -0.4 is 9.64 Å². The molecule has 0 aromatic heterocycles. The number of amides is 1. The minimum atomic E-state index is -0.306. The van der Waals surface area contributed by atoms with E-state index in [1.807, 2.05) is 23.1 Å². The van der Waals surface area contributed by atoms with Crippen LogP contribution in [-0.2, 0) is 6.42 Å². The van der Waals surface area contributed by atoms with Gasteiger partial charge in [0, 0.05) is 17.8 Å². The third kappa shape index (κ3) is 3.11. The first-order valence-corrected chi connectivity index (χ1v) is 8.14. The molecule has 3 aromatic rings. The van der Waals surface area contributed by atoms with Gasteiger partial charge in [0.05, 0.1) is 0 Å². The molecule has 0 saturated heterocycles. The van der Waals surface area contributed by atoms with E-state index in [1.54, 1.807) is 36.4 Å². The van der Waals surface area contributed by atoms with E-state index >= 15 is 0 Å². The van der Waals surface area contributed by atoms with E-state index in [1.165, 1.54) is 17.7 Å². The molecule has 0 saturated carbocycles. The van der Waals surface area contributed by atoms with Crippen LogP contribution in [0.15, 0.2) is 72.8 Å². The van der Waals surface area contributed by atoms with Gasteiger partial charge in [0.1, 0.15) is 17.3 Å². The van der Waals surface area contributed by atoms with Crippen molar-refractivity contribution < 1.29 is 13.9 Å². The predicted molar refractivity (Wildman–Crippen MR) is 94.7 cm³/mol. The first kappa shape index (κ1) is 15.4. The van der Waals surface area contributed by atoms with Crippen LogP contribution in [0.25, 0.3) is 0 Å². The molecule has 124 valence electrons. The fourth-order valence-corrected chi connectivity index (χ4v) is 3.01. The van der Waals surface area contributed by atoms with E-state index in [4.69, 9.17) is 4.74 Å². The van der Waals surface area contributed by atoms with Crippen LogP contribution in [0.4, 0.5) is 10.1 Å². The molecule has 4 rings (SSSR count). The van der Waals surface area contributed by atoms with Gasteiger partial charge in [0.25, 0.3) is 5.91 Å². The standard InChI is InChI=1S/C21H16FNO2/c22-17-7-11-19(12-8-17)25-18-9-5-16(6-10-18)21(24)23-14-13-15-3-1-2-4-20(15)23/h1-12H,13-14H2. The molecule has 25 heavy (non-hydrogen) atoms. The normalized spacial score (nSPS) is 12.8. The Balaban J connectivity index is 1.50. The molecule has 0 unspecified atom stereocenters. The van der Waals surface area contributed by atoms with Gasteiger partial charge in [0.2, 0.25) is 0 Å². The molecule has 0 fully saturated rings. The molecule has 0 atom stereocenters. The van der Waals surface area contributed by atoms with Gasteiger partial charge in [-0.05, 0) is 66.6 Å². The number of carbonyl (C=O) groups excluding carboxylic acids is 1. The van der Waals surface area contributed by atoms with Crippen molar-refractivity contribution in [1.82, 2.24) is 0 Å². The second-order valence-corrected chi connectivity index (χ2v) is 5.92. The monoisotopic (exact) mass is 333 g/mol. The molecule has 1 heterocycles. The molecule has 0 aliphatic carbocycles. The van der Waals surface area contributed by atoms with Crippen molar-refractivity contribution in [3.8, 4) is 11.5 Å². The van der Waals surface area contributed by atoms with Gasteiger partial charge >= 0.3 is 0 Å². The summed E-state index contributed by atoms with van der Waals surface area (Å²) in [6, 6.07) is 20.8. The molecule has 3 aromatic carbocycles. The van der Waals surface area contributed by atoms with Gasteiger partial charge < -0.3 is 9.64 Å². The molecule has 0 radical (unpaired) electrons. The quantitative estimate of drug-likeness (QED) is 0.688. The van der Waals surface area contributed by atoms with Gasteiger partial charge in [-0.1, -0.05) is 18.2 Å². The number of hydrogen-bond donors (Lipinski definition) is 0. The number of benzene rings is 3. The van der Waals surface area contributed by atoms with Gasteiger partial charge in [-0.3, -0.25) is 4.79 Å². The molecule has 0 N–H and O–H groups in total. The Morgan fingerprint density at radius 1 is 0.880 bits per heavy atom. The summed E-state index contributed by atoms with van der Waals surface area (Å²) >= 11 is 0. The third-order valence-corrected chi connectivity index (χ3v) is 4.28. The smallest absolute Gasteiger partial charge is 0.258 e. The Kier molecular flexibility index (Phi) is 3.94. The average molecular weight is 333 g/mol. The van der Waals surface area contributed by atoms with Crippen LogP contribution in [0.1, 0.15) is 15.9 Å². The zero-order valence-corrected chi connectivity index (χ0v) is 13.5. The highest BCUT2D eigenvalue weighted by molar-refractivity contribution is 6.07. The van der Waals surface area contributed by atoms with Crippen LogP contribution in [0.3, 0.4) is 0 Å². The number of fused-ring (bicyclic) bond motifs is 1. The zero-order valence-electron chi connectivity index (χ0n) is 13.5. The topological polar surface area (TPSA) is 29.5 Å². The maximum atomic E-state index is 12.9. The Morgan fingerprint density at radius 3 is 2.24 bits per heavy atom. The molecule has 1 aliphatic heterocycles. The molecule has 0 spiro atoms. The Morgan fingerprint density at radius 2 is 1.52 bits per heavy atom. The summed E-state index contributed by atoms with van der Waals surface area (Å²) in [6.07, 6.45) is 0.883. The second-order valence-electron chi connectivity index (χ2n) is 5.92. The lowest BCUT2D eigenvalue weighted by Crippen LogP contribution is -2.28. The lowest BCUT2D eigenvalue weighted by molar-refractivity contribution is 0.0989. The van der Waals surface area contributed by atoms with Crippen molar-refractivity contribution in [3.63, 3.8) is 0 Å². The number of halogens is 1. The van der Waals surface area contributed by atoms with Crippen LogP contribution in [-0.4, -0.2) is 12.5 Å². The Bertz CT molecular complexity index is 904. The molecule has 0 bridgehead atoms. The SMILES string of the molecule is O=C(c1ccc(Oc2ccc(F)cc2)cc1)N1CCc2ccccc21. The summed E-state index contributed by atoms with van der Waals surface area (Å²) in [5.74, 6) is 0.830. The first-order valence-electron chi connectivity index (χ1n) is 8.14. The third-order valence-electron chi connectivity index (χ3n) is 4.28. The van der Waals surface area contributed by atoms with Gasteiger partial charge in [-0.15, -0.1) is 0 Å². The molecule has 1 amide bonds. The summed E-state index contributed by atoms with van der Waals surface area (Å²) in [4.78, 5) is 14.6. The Hall–Kier alpha value is -3.14. The predicted octanol–water partition coefficient (Wildman–Crippen LogP) is 4.82. The number of rotatable bonds is 3. The van der Waals surface area contributed by atoms with Crippen LogP contribution in [0, 0.1) is 5.82 Å². The van der Waals surface area contributed by atoms with E-state index in [9.17, 15) is 9.18 Å². The maximum absolute atomic E-state index is 12.9. The highest BCUT2D eigenvalue weighted by Crippen LogP contribution is 2.29. The van der Waals surface area contributed by atoms with Gasteiger partial charge in [-0.2, -0.15) is 0 Å². The average Bonchev–Trinajstić information content (AvgIpc) is 3.08. The number of nitrogens with zero attached hydrogens (tertiary/aromatic N) is 1. The highest BCUT2D eigenvalue weighted by Gasteiger charge is 2.24. The first-order chi connectivity index (χ1) is 12.2. The van der Waals surface area contributed by atoms with Gasteiger partial charge in [-0.25, -0.2) is 4.39 Å². The summed E-state index contributed by atoms with van der Waals surface area (Å²) in [6.45, 7) is 0.700. The number of ether oxygens (including phenoxy) is 1. The minimum Gasteiger partial charge on any atom is -0.457 e. The number of anilines is 1. The van der Waals surface area contributed by atoms with E-state index in [2.05, 4.69) is 6.07 Å². The van der Waals surface area contributed by atoms with E-state index in [0.29, 0.717) is 23.6 Å². The second kappa shape index (κ2) is 6.40. The lowest BCUT2D eigenvalue weighted by atomic mass is 10.1. The minimum absolute atomic E-state index is 0.0155. The van der Waals surface area contributed by atoms with Crippen molar-refractivity contribution in [2.45, 2.75) is 6.42 Å². The molecule has 1 aliphatic rings. The van der Waals surface area contributed by atoms with Crippen LogP contribution in [0.5, 0.6) is 11.5 Å². The van der Waals surface area contributed by atoms with Gasteiger partial charge in [0.15, 0.2) is 0 Å². The number of carbonyl (C=O) groups is 1. The Labute approximate surface area is 145 Å².